The lowest BCUT2D eigenvalue weighted by molar-refractivity contribution is -0.123. The van der Waals surface area contributed by atoms with Gasteiger partial charge in [0.1, 0.15) is 0 Å². The van der Waals surface area contributed by atoms with Crippen LogP contribution in [0.5, 0.6) is 0 Å². The molecule has 2 N–H and O–H groups in total. The highest BCUT2D eigenvalue weighted by atomic mass is 16.2. The summed E-state index contributed by atoms with van der Waals surface area (Å²) in [6.07, 6.45) is 3.33. The van der Waals surface area contributed by atoms with Gasteiger partial charge in [-0.05, 0) is 19.8 Å². The van der Waals surface area contributed by atoms with Crippen molar-refractivity contribution in [3.63, 3.8) is 0 Å². The molecule has 0 saturated carbocycles. The van der Waals surface area contributed by atoms with Gasteiger partial charge in [-0.2, -0.15) is 5.10 Å². The summed E-state index contributed by atoms with van der Waals surface area (Å²) in [4.78, 5) is 25.9. The maximum atomic E-state index is 12.5. The molecule has 6 heteroatoms. The molecule has 3 heterocycles. The zero-order valence-corrected chi connectivity index (χ0v) is 10.3. The predicted molar refractivity (Wildman–Crippen MR) is 63.9 cm³/mol. The quantitative estimate of drug-likeness (QED) is 0.738. The van der Waals surface area contributed by atoms with Crippen LogP contribution in [0.2, 0.25) is 0 Å². The van der Waals surface area contributed by atoms with E-state index in [4.69, 9.17) is 0 Å². The number of piperidine rings is 1. The highest BCUT2D eigenvalue weighted by Crippen LogP contribution is 2.28. The van der Waals surface area contributed by atoms with E-state index < -0.39 is 0 Å². The van der Waals surface area contributed by atoms with Gasteiger partial charge in [-0.25, -0.2) is 0 Å². The molecule has 2 saturated heterocycles. The number of hydrogen-bond acceptors (Lipinski definition) is 3. The third kappa shape index (κ3) is 1.60. The summed E-state index contributed by atoms with van der Waals surface area (Å²) in [6, 6.07) is 0.00745. The number of rotatable bonds is 1. The fourth-order valence-corrected chi connectivity index (χ4v) is 2.92. The van der Waals surface area contributed by atoms with Crippen LogP contribution in [0.25, 0.3) is 0 Å². The molecule has 0 radical (unpaired) electrons. The molecule has 2 amide bonds. The lowest BCUT2D eigenvalue weighted by Gasteiger charge is -2.35. The molecule has 3 rings (SSSR count). The molecule has 0 spiro atoms. The Morgan fingerprint density at radius 2 is 2.39 bits per heavy atom. The van der Waals surface area contributed by atoms with E-state index in [1.54, 1.807) is 6.20 Å². The third-order valence-corrected chi connectivity index (χ3v) is 3.92. The van der Waals surface area contributed by atoms with Crippen molar-refractivity contribution in [3.05, 3.63) is 17.5 Å². The highest BCUT2D eigenvalue weighted by Gasteiger charge is 2.43. The smallest absolute Gasteiger partial charge is 0.257 e. The summed E-state index contributed by atoms with van der Waals surface area (Å²) < 4.78 is 0. The minimum absolute atomic E-state index is 0.00745. The van der Waals surface area contributed by atoms with Crippen LogP contribution in [-0.2, 0) is 4.79 Å². The number of carbonyl (C=O) groups excluding carboxylic acids is 2. The number of amides is 2. The molecule has 6 nitrogen and oxygen atoms in total. The van der Waals surface area contributed by atoms with Crippen molar-refractivity contribution in [1.82, 2.24) is 20.4 Å². The maximum Gasteiger partial charge on any atom is 0.257 e. The van der Waals surface area contributed by atoms with Gasteiger partial charge in [0, 0.05) is 18.8 Å². The Morgan fingerprint density at radius 3 is 3.11 bits per heavy atom. The largest absolute Gasteiger partial charge is 0.354 e. The molecular weight excluding hydrogens is 232 g/mol. The zero-order chi connectivity index (χ0) is 12.7. The second-order valence-corrected chi connectivity index (χ2v) is 4.97. The fourth-order valence-electron chi connectivity index (χ4n) is 2.92. The van der Waals surface area contributed by atoms with Crippen LogP contribution >= 0.6 is 0 Å². The molecule has 2 aliphatic heterocycles. The average molecular weight is 248 g/mol. The standard InChI is InChI=1S/C12H16N4O2/c1-7-9(5-14-15-7)12(18)16-4-2-3-8-10(16)6-13-11(8)17/h5,8,10H,2-4,6H2,1H3,(H,13,17)(H,14,15). The first-order chi connectivity index (χ1) is 8.68. The van der Waals surface area contributed by atoms with Gasteiger partial charge in [-0.3, -0.25) is 14.7 Å². The van der Waals surface area contributed by atoms with Crippen LogP contribution < -0.4 is 5.32 Å². The second-order valence-electron chi connectivity index (χ2n) is 4.97. The summed E-state index contributed by atoms with van der Waals surface area (Å²) in [7, 11) is 0. The zero-order valence-electron chi connectivity index (χ0n) is 10.3. The predicted octanol–water partition coefficient (Wildman–Crippen LogP) is 0.0687. The Hall–Kier alpha value is -1.85. The van der Waals surface area contributed by atoms with Crippen molar-refractivity contribution in [2.45, 2.75) is 25.8 Å². The maximum absolute atomic E-state index is 12.5. The third-order valence-electron chi connectivity index (χ3n) is 3.92. The molecular formula is C12H16N4O2. The molecule has 96 valence electrons. The van der Waals surface area contributed by atoms with Crippen molar-refractivity contribution < 1.29 is 9.59 Å². The van der Waals surface area contributed by atoms with Gasteiger partial charge in [-0.1, -0.05) is 0 Å². The molecule has 0 aromatic carbocycles. The van der Waals surface area contributed by atoms with E-state index in [1.165, 1.54) is 0 Å². The number of carbonyl (C=O) groups is 2. The molecule has 0 bridgehead atoms. The number of aryl methyl sites for hydroxylation is 1. The molecule has 2 unspecified atom stereocenters. The first kappa shape index (κ1) is 11.3. The molecule has 1 aromatic rings. The Morgan fingerprint density at radius 1 is 1.56 bits per heavy atom. The summed E-state index contributed by atoms with van der Waals surface area (Å²) >= 11 is 0. The highest BCUT2D eigenvalue weighted by molar-refractivity contribution is 5.96. The van der Waals surface area contributed by atoms with E-state index in [-0.39, 0.29) is 23.8 Å². The summed E-state index contributed by atoms with van der Waals surface area (Å²) in [5, 5.41) is 9.51. The van der Waals surface area contributed by atoms with Gasteiger partial charge >= 0.3 is 0 Å². The Labute approximate surface area is 105 Å². The van der Waals surface area contributed by atoms with Crippen molar-refractivity contribution in [3.8, 4) is 0 Å². The number of H-pyrrole nitrogens is 1. The Bertz CT molecular complexity index is 496. The van der Waals surface area contributed by atoms with Crippen molar-refractivity contribution >= 4 is 11.8 Å². The van der Waals surface area contributed by atoms with Crippen molar-refractivity contribution in [2.75, 3.05) is 13.1 Å². The lowest BCUT2D eigenvalue weighted by atomic mass is 9.91. The van der Waals surface area contributed by atoms with Gasteiger partial charge in [-0.15, -0.1) is 0 Å². The number of aromatic amines is 1. The number of nitrogens with one attached hydrogen (secondary N) is 2. The van der Waals surface area contributed by atoms with E-state index in [0.717, 1.165) is 25.1 Å². The summed E-state index contributed by atoms with van der Waals surface area (Å²) in [5.41, 5.74) is 1.38. The van der Waals surface area contributed by atoms with Crippen LogP contribution in [0.15, 0.2) is 6.20 Å². The van der Waals surface area contributed by atoms with Crippen molar-refractivity contribution in [2.24, 2.45) is 5.92 Å². The van der Waals surface area contributed by atoms with Gasteiger partial charge in [0.05, 0.1) is 23.7 Å². The van der Waals surface area contributed by atoms with E-state index in [0.29, 0.717) is 12.1 Å². The SMILES string of the molecule is Cc1[nH]ncc1C(=O)N1CCCC2C(=O)NCC21. The van der Waals surface area contributed by atoms with Crippen LogP contribution in [0.4, 0.5) is 0 Å². The first-order valence-electron chi connectivity index (χ1n) is 6.27. The number of likely N-dealkylation sites (tertiary alicyclic amines) is 1. The Balaban J connectivity index is 1.86. The van der Waals surface area contributed by atoms with Gasteiger partial charge in [0.2, 0.25) is 5.91 Å². The van der Waals surface area contributed by atoms with Gasteiger partial charge < -0.3 is 10.2 Å². The van der Waals surface area contributed by atoms with E-state index in [2.05, 4.69) is 15.5 Å². The Kier molecular flexibility index (Phi) is 2.57. The molecule has 0 aliphatic carbocycles. The normalized spacial score (nSPS) is 26.9. The van der Waals surface area contributed by atoms with E-state index in [1.807, 2.05) is 11.8 Å². The second kappa shape index (κ2) is 4.12. The summed E-state index contributed by atoms with van der Waals surface area (Å²) in [6.45, 7) is 3.13. The molecule has 1 aromatic heterocycles. The van der Waals surface area contributed by atoms with Gasteiger partial charge in [0.15, 0.2) is 0 Å². The minimum atomic E-state index is -0.0325. The molecule has 2 atom stereocenters. The minimum Gasteiger partial charge on any atom is -0.354 e. The summed E-state index contributed by atoms with van der Waals surface area (Å²) in [5.74, 6) is 0.0313. The van der Waals surface area contributed by atoms with E-state index in [9.17, 15) is 9.59 Å². The topological polar surface area (TPSA) is 78.1 Å². The van der Waals surface area contributed by atoms with E-state index >= 15 is 0 Å². The van der Waals surface area contributed by atoms with Crippen LogP contribution in [0.1, 0.15) is 28.9 Å². The molecule has 2 fully saturated rings. The fraction of sp³-hybridized carbons (Fsp3) is 0.583. The number of nitrogens with zero attached hydrogens (tertiary/aromatic N) is 2. The molecule has 2 aliphatic rings. The van der Waals surface area contributed by atoms with Crippen molar-refractivity contribution in [1.29, 1.82) is 0 Å². The lowest BCUT2D eigenvalue weighted by Crippen LogP contribution is -2.48. The van der Waals surface area contributed by atoms with Crippen LogP contribution in [0, 0.1) is 12.8 Å². The van der Waals surface area contributed by atoms with Gasteiger partial charge in [0.25, 0.3) is 5.91 Å². The number of hydrogen-bond donors (Lipinski definition) is 2. The monoisotopic (exact) mass is 248 g/mol. The first-order valence-corrected chi connectivity index (χ1v) is 6.27. The number of aromatic nitrogens is 2. The van der Waals surface area contributed by atoms with Crippen LogP contribution in [-0.4, -0.2) is 46.0 Å². The molecule has 18 heavy (non-hydrogen) atoms. The average Bonchev–Trinajstić information content (AvgIpc) is 2.95. The van der Waals surface area contributed by atoms with Crippen LogP contribution in [0.3, 0.4) is 0 Å². The number of fused-ring (bicyclic) bond motifs is 1.